The van der Waals surface area contributed by atoms with Crippen molar-refractivity contribution in [3.8, 4) is 5.75 Å². The van der Waals surface area contributed by atoms with Crippen molar-refractivity contribution in [2.45, 2.75) is 30.4 Å². The molecule has 0 aromatic heterocycles. The predicted octanol–water partition coefficient (Wildman–Crippen LogP) is 2.62. The van der Waals surface area contributed by atoms with E-state index in [4.69, 9.17) is 4.74 Å². The van der Waals surface area contributed by atoms with E-state index in [9.17, 15) is 18.0 Å². The molecule has 2 aromatic carbocycles. The maximum atomic E-state index is 12.7. The van der Waals surface area contributed by atoms with Crippen LogP contribution >= 0.6 is 0 Å². The van der Waals surface area contributed by atoms with Crippen LogP contribution in [-0.4, -0.2) is 38.6 Å². The second-order valence-electron chi connectivity index (χ2n) is 6.48. The molecule has 0 saturated heterocycles. The Morgan fingerprint density at radius 2 is 1.86 bits per heavy atom. The summed E-state index contributed by atoms with van der Waals surface area (Å²) in [5, 5.41) is 1.89. The molecule has 2 aromatic rings. The molecule has 0 spiro atoms. The number of fused-ring (bicyclic) bond motifs is 1. The lowest BCUT2D eigenvalue weighted by Gasteiger charge is -2.22. The van der Waals surface area contributed by atoms with E-state index in [1.807, 2.05) is 6.92 Å². The average molecular weight is 402 g/mol. The third-order valence-corrected chi connectivity index (χ3v) is 6.70. The Kier molecular flexibility index (Phi) is 5.69. The van der Waals surface area contributed by atoms with E-state index in [1.54, 1.807) is 42.5 Å². The van der Waals surface area contributed by atoms with Crippen molar-refractivity contribution in [1.82, 2.24) is 0 Å². The lowest BCUT2D eigenvalue weighted by atomic mass is 10.2. The molecule has 1 heterocycles. The monoisotopic (exact) mass is 402 g/mol. The first-order valence-electron chi connectivity index (χ1n) is 8.99. The minimum absolute atomic E-state index is 0.0656. The quantitative estimate of drug-likeness (QED) is 0.830. The van der Waals surface area contributed by atoms with Crippen molar-refractivity contribution in [2.75, 3.05) is 23.4 Å². The van der Waals surface area contributed by atoms with Crippen LogP contribution in [0.5, 0.6) is 5.75 Å². The molecule has 0 radical (unpaired) electrons. The highest BCUT2D eigenvalue weighted by atomic mass is 32.2. The summed E-state index contributed by atoms with van der Waals surface area (Å²) in [7, 11) is -3.65. The maximum Gasteiger partial charge on any atom is 0.244 e. The Hall–Kier alpha value is -2.87. The Bertz CT molecular complexity index is 1000. The van der Waals surface area contributed by atoms with Gasteiger partial charge < -0.3 is 15.0 Å². The van der Waals surface area contributed by atoms with Gasteiger partial charge in [0.15, 0.2) is 9.84 Å². The fourth-order valence-corrected chi connectivity index (χ4v) is 4.63. The van der Waals surface area contributed by atoms with E-state index in [-0.39, 0.29) is 23.5 Å². The standard InChI is InChI=1S/C20H22N2O5S/c1-3-27-17-10-6-4-8-15(17)21-19(23)13-22-16-9-5-7-11-18(16)28(25,26)14(2)12-20(22)24/h4-11,14H,3,12-13H2,1-2H3,(H,21,23). The van der Waals surface area contributed by atoms with Crippen molar-refractivity contribution in [2.24, 2.45) is 0 Å². The van der Waals surface area contributed by atoms with E-state index < -0.39 is 26.9 Å². The number of anilines is 2. The van der Waals surface area contributed by atoms with Gasteiger partial charge in [0.1, 0.15) is 12.3 Å². The molecule has 3 rings (SSSR count). The minimum Gasteiger partial charge on any atom is -0.492 e. The molecule has 1 aliphatic heterocycles. The number of nitrogens with one attached hydrogen (secondary N) is 1. The molecule has 1 unspecified atom stereocenters. The molecule has 0 saturated carbocycles. The van der Waals surface area contributed by atoms with Crippen LogP contribution < -0.4 is 15.0 Å². The summed E-state index contributed by atoms with van der Waals surface area (Å²) in [5.74, 6) is -0.325. The van der Waals surface area contributed by atoms with Gasteiger partial charge in [-0.2, -0.15) is 0 Å². The van der Waals surface area contributed by atoms with Gasteiger partial charge in [-0.25, -0.2) is 8.42 Å². The van der Waals surface area contributed by atoms with E-state index in [2.05, 4.69) is 5.32 Å². The average Bonchev–Trinajstić information content (AvgIpc) is 2.73. The third-order valence-electron chi connectivity index (χ3n) is 4.52. The Labute approximate surface area is 164 Å². The molecule has 1 aliphatic rings. The summed E-state index contributed by atoms with van der Waals surface area (Å²) in [6, 6.07) is 13.3. The van der Waals surface area contributed by atoms with Crippen molar-refractivity contribution >= 4 is 33.0 Å². The highest BCUT2D eigenvalue weighted by Gasteiger charge is 2.36. The maximum absolute atomic E-state index is 12.7. The number of para-hydroxylation sites is 3. The van der Waals surface area contributed by atoms with Crippen molar-refractivity contribution < 1.29 is 22.7 Å². The predicted molar refractivity (Wildman–Crippen MR) is 106 cm³/mol. The van der Waals surface area contributed by atoms with E-state index in [1.165, 1.54) is 17.9 Å². The molecule has 1 N–H and O–H groups in total. The Balaban J connectivity index is 1.89. The molecule has 7 nitrogen and oxygen atoms in total. The number of nitrogens with zero attached hydrogens (tertiary/aromatic N) is 1. The normalized spacial score (nSPS) is 18.1. The molecular formula is C20H22N2O5S. The molecular weight excluding hydrogens is 380 g/mol. The third kappa shape index (κ3) is 3.87. The first-order valence-corrected chi connectivity index (χ1v) is 10.5. The topological polar surface area (TPSA) is 92.8 Å². The van der Waals surface area contributed by atoms with Crippen molar-refractivity contribution in [3.05, 3.63) is 48.5 Å². The lowest BCUT2D eigenvalue weighted by Crippen LogP contribution is -2.38. The number of hydrogen-bond acceptors (Lipinski definition) is 5. The molecule has 0 fully saturated rings. The number of carbonyl (C=O) groups is 2. The van der Waals surface area contributed by atoms with Gasteiger partial charge in [0.2, 0.25) is 11.8 Å². The minimum atomic E-state index is -3.65. The van der Waals surface area contributed by atoms with Gasteiger partial charge in [-0.05, 0) is 38.1 Å². The van der Waals surface area contributed by atoms with E-state index in [0.717, 1.165) is 0 Å². The molecule has 28 heavy (non-hydrogen) atoms. The molecule has 1 atom stereocenters. The fraction of sp³-hybridized carbons (Fsp3) is 0.300. The first-order chi connectivity index (χ1) is 13.3. The number of carbonyl (C=O) groups excluding carboxylic acids is 2. The van der Waals surface area contributed by atoms with Crippen LogP contribution in [-0.2, 0) is 19.4 Å². The van der Waals surface area contributed by atoms with Crippen LogP contribution in [0.1, 0.15) is 20.3 Å². The van der Waals surface area contributed by atoms with Gasteiger partial charge in [0, 0.05) is 6.42 Å². The molecule has 0 bridgehead atoms. The number of hydrogen-bond donors (Lipinski definition) is 1. The largest absolute Gasteiger partial charge is 0.492 e. The van der Waals surface area contributed by atoms with Crippen LogP contribution in [0, 0.1) is 0 Å². The Morgan fingerprint density at radius 3 is 2.61 bits per heavy atom. The number of rotatable bonds is 5. The van der Waals surface area contributed by atoms with Crippen LogP contribution in [0.2, 0.25) is 0 Å². The molecule has 148 valence electrons. The summed E-state index contributed by atoms with van der Waals surface area (Å²) in [4.78, 5) is 26.6. The summed E-state index contributed by atoms with van der Waals surface area (Å²) >= 11 is 0. The van der Waals surface area contributed by atoms with Gasteiger partial charge in [-0.15, -0.1) is 0 Å². The second-order valence-corrected chi connectivity index (χ2v) is 8.82. The number of amides is 2. The zero-order chi connectivity index (χ0) is 20.3. The zero-order valence-corrected chi connectivity index (χ0v) is 16.5. The van der Waals surface area contributed by atoms with Gasteiger partial charge in [-0.3, -0.25) is 9.59 Å². The van der Waals surface area contributed by atoms with Gasteiger partial charge >= 0.3 is 0 Å². The summed E-state index contributed by atoms with van der Waals surface area (Å²) in [5.41, 5.74) is 0.719. The van der Waals surface area contributed by atoms with E-state index >= 15 is 0 Å². The van der Waals surface area contributed by atoms with E-state index in [0.29, 0.717) is 18.0 Å². The van der Waals surface area contributed by atoms with Crippen LogP contribution in [0.4, 0.5) is 11.4 Å². The van der Waals surface area contributed by atoms with Crippen molar-refractivity contribution in [3.63, 3.8) is 0 Å². The van der Waals surface area contributed by atoms with Crippen LogP contribution in [0.25, 0.3) is 0 Å². The molecule has 8 heteroatoms. The highest BCUT2D eigenvalue weighted by Crippen LogP contribution is 2.33. The first kappa shape index (κ1) is 19.9. The molecule has 0 aliphatic carbocycles. The fourth-order valence-electron chi connectivity index (χ4n) is 3.10. The van der Waals surface area contributed by atoms with Gasteiger partial charge in [-0.1, -0.05) is 24.3 Å². The van der Waals surface area contributed by atoms with Crippen LogP contribution in [0.3, 0.4) is 0 Å². The lowest BCUT2D eigenvalue weighted by molar-refractivity contribution is -0.121. The van der Waals surface area contributed by atoms with Crippen LogP contribution in [0.15, 0.2) is 53.4 Å². The number of sulfone groups is 1. The van der Waals surface area contributed by atoms with Gasteiger partial charge in [0.05, 0.1) is 28.1 Å². The molecule has 2 amide bonds. The highest BCUT2D eigenvalue weighted by molar-refractivity contribution is 7.92. The summed E-state index contributed by atoms with van der Waals surface area (Å²) in [6.07, 6.45) is -0.181. The summed E-state index contributed by atoms with van der Waals surface area (Å²) in [6.45, 7) is 3.50. The van der Waals surface area contributed by atoms with Crippen molar-refractivity contribution in [1.29, 1.82) is 0 Å². The SMILES string of the molecule is CCOc1ccccc1NC(=O)CN1C(=O)CC(C)S(=O)(=O)c2ccccc21. The number of benzene rings is 2. The Morgan fingerprint density at radius 1 is 1.18 bits per heavy atom. The number of ether oxygens (including phenoxy) is 1. The smallest absolute Gasteiger partial charge is 0.244 e. The zero-order valence-electron chi connectivity index (χ0n) is 15.7. The summed E-state index contributed by atoms with van der Waals surface area (Å²) < 4.78 is 30.9. The van der Waals surface area contributed by atoms with Gasteiger partial charge in [0.25, 0.3) is 0 Å². The second kappa shape index (κ2) is 8.02.